The van der Waals surface area contributed by atoms with Gasteiger partial charge in [0.1, 0.15) is 18.5 Å². The van der Waals surface area contributed by atoms with Crippen LogP contribution in [-0.4, -0.2) is 21.0 Å². The molecule has 1 heterocycles. The Kier molecular flexibility index (Phi) is 6.79. The van der Waals surface area contributed by atoms with Crippen LogP contribution in [0.1, 0.15) is 49.8 Å². The van der Waals surface area contributed by atoms with E-state index in [1.807, 2.05) is 30.3 Å². The van der Waals surface area contributed by atoms with Crippen molar-refractivity contribution < 1.29 is 19.4 Å². The summed E-state index contributed by atoms with van der Waals surface area (Å²) in [7, 11) is 0. The van der Waals surface area contributed by atoms with E-state index in [1.165, 1.54) is 0 Å². The average Bonchev–Trinajstić information content (AvgIpc) is 2.78. The molecule has 1 aromatic heterocycles. The highest BCUT2D eigenvalue weighted by Crippen LogP contribution is 2.36. The number of aromatic nitrogens is 2. The minimum absolute atomic E-state index is 0.459. The largest absolute Gasteiger partial charge is 0.489 e. The SMILES string of the molecule is CC(OC(=O)C(C)(C)C(O)c1ccc(OCc2ccccc2)cc1)c1cnccn1. The van der Waals surface area contributed by atoms with E-state index in [2.05, 4.69) is 9.97 Å². The normalized spacial score (nSPS) is 13.3. The summed E-state index contributed by atoms with van der Waals surface area (Å²) in [5.74, 6) is 0.170. The Labute approximate surface area is 176 Å². The number of hydrogen-bond donors (Lipinski definition) is 1. The van der Waals surface area contributed by atoms with Crippen LogP contribution in [0.2, 0.25) is 0 Å². The van der Waals surface area contributed by atoms with Gasteiger partial charge in [0.05, 0.1) is 23.4 Å². The van der Waals surface area contributed by atoms with Crippen LogP contribution in [0.15, 0.2) is 73.2 Å². The standard InChI is InChI=1S/C24H26N2O4/c1-17(21-15-25-13-14-26-21)30-23(28)24(2,3)22(27)19-9-11-20(12-10-19)29-16-18-7-5-4-6-8-18/h4-15,17,22,27H,16H2,1-3H3. The van der Waals surface area contributed by atoms with Crippen molar-refractivity contribution in [1.29, 1.82) is 0 Å². The molecule has 0 bridgehead atoms. The van der Waals surface area contributed by atoms with Gasteiger partial charge >= 0.3 is 5.97 Å². The van der Waals surface area contributed by atoms with Gasteiger partial charge in [-0.15, -0.1) is 0 Å². The molecule has 0 saturated heterocycles. The summed E-state index contributed by atoms with van der Waals surface area (Å²) in [6, 6.07) is 17.0. The molecule has 2 unspecified atom stereocenters. The summed E-state index contributed by atoms with van der Waals surface area (Å²) in [6.07, 6.45) is 3.05. The molecule has 30 heavy (non-hydrogen) atoms. The van der Waals surface area contributed by atoms with Gasteiger partial charge in [-0.25, -0.2) is 0 Å². The van der Waals surface area contributed by atoms with Gasteiger partial charge in [-0.1, -0.05) is 42.5 Å². The second-order valence-electron chi connectivity index (χ2n) is 7.65. The van der Waals surface area contributed by atoms with Crippen molar-refractivity contribution in [3.63, 3.8) is 0 Å². The van der Waals surface area contributed by atoms with E-state index in [0.717, 1.165) is 5.56 Å². The van der Waals surface area contributed by atoms with Gasteiger partial charge in [0, 0.05) is 12.4 Å². The van der Waals surface area contributed by atoms with Crippen LogP contribution in [0.4, 0.5) is 0 Å². The van der Waals surface area contributed by atoms with E-state index in [9.17, 15) is 9.90 Å². The van der Waals surface area contributed by atoms with Crippen LogP contribution in [0.3, 0.4) is 0 Å². The zero-order valence-electron chi connectivity index (χ0n) is 17.4. The van der Waals surface area contributed by atoms with Gasteiger partial charge in [0.2, 0.25) is 0 Å². The Morgan fingerprint density at radius 2 is 1.77 bits per heavy atom. The minimum atomic E-state index is -1.15. The highest BCUT2D eigenvalue weighted by molar-refractivity contribution is 5.77. The zero-order valence-corrected chi connectivity index (χ0v) is 17.4. The van der Waals surface area contributed by atoms with Crippen molar-refractivity contribution >= 4 is 5.97 Å². The summed E-state index contributed by atoms with van der Waals surface area (Å²) in [6.45, 7) is 5.50. The van der Waals surface area contributed by atoms with E-state index in [0.29, 0.717) is 23.6 Å². The second-order valence-corrected chi connectivity index (χ2v) is 7.65. The number of esters is 1. The number of hydrogen-bond acceptors (Lipinski definition) is 6. The topological polar surface area (TPSA) is 81.5 Å². The van der Waals surface area contributed by atoms with Crippen LogP contribution in [0.25, 0.3) is 0 Å². The zero-order chi connectivity index (χ0) is 21.6. The van der Waals surface area contributed by atoms with Gasteiger partial charge in [0.15, 0.2) is 0 Å². The summed E-state index contributed by atoms with van der Waals surface area (Å²) in [5, 5.41) is 10.8. The van der Waals surface area contributed by atoms with Crippen molar-refractivity contribution in [1.82, 2.24) is 9.97 Å². The third kappa shape index (κ3) is 5.21. The predicted octanol–water partition coefficient (Wildman–Crippen LogP) is 4.42. The molecule has 0 spiro atoms. The number of ether oxygens (including phenoxy) is 2. The van der Waals surface area contributed by atoms with Crippen molar-refractivity contribution in [2.45, 2.75) is 39.6 Å². The molecule has 3 rings (SSSR count). The average molecular weight is 406 g/mol. The Morgan fingerprint density at radius 1 is 1.07 bits per heavy atom. The Bertz CT molecular complexity index is 944. The van der Waals surface area contributed by atoms with E-state index in [1.54, 1.807) is 63.6 Å². The molecule has 6 heteroatoms. The third-order valence-electron chi connectivity index (χ3n) is 4.94. The molecule has 0 aliphatic heterocycles. The Morgan fingerprint density at radius 3 is 2.40 bits per heavy atom. The molecule has 0 saturated carbocycles. The Balaban J connectivity index is 1.62. The number of aliphatic hydroxyl groups excluding tert-OH is 1. The van der Waals surface area contributed by atoms with Crippen LogP contribution in [0.5, 0.6) is 5.75 Å². The summed E-state index contributed by atoms with van der Waals surface area (Å²) in [5.41, 5.74) is 1.08. The lowest BCUT2D eigenvalue weighted by Gasteiger charge is -2.30. The number of carbonyl (C=O) groups is 1. The number of rotatable bonds is 8. The molecule has 2 atom stereocenters. The molecule has 0 aliphatic rings. The third-order valence-corrected chi connectivity index (χ3v) is 4.94. The highest BCUT2D eigenvalue weighted by atomic mass is 16.5. The molecule has 0 fully saturated rings. The number of nitrogens with zero attached hydrogens (tertiary/aromatic N) is 2. The maximum absolute atomic E-state index is 12.7. The van der Waals surface area contributed by atoms with E-state index < -0.39 is 23.6 Å². The summed E-state index contributed by atoms with van der Waals surface area (Å²) >= 11 is 0. The van der Waals surface area contributed by atoms with Crippen molar-refractivity contribution in [3.05, 3.63) is 90.0 Å². The molecule has 2 aromatic carbocycles. The van der Waals surface area contributed by atoms with Gasteiger partial charge in [-0.3, -0.25) is 14.8 Å². The van der Waals surface area contributed by atoms with E-state index in [4.69, 9.17) is 9.47 Å². The molecule has 0 radical (unpaired) electrons. The smallest absolute Gasteiger partial charge is 0.315 e. The molecular weight excluding hydrogens is 380 g/mol. The lowest BCUT2D eigenvalue weighted by molar-refractivity contribution is -0.166. The number of carbonyl (C=O) groups excluding carboxylic acids is 1. The van der Waals surface area contributed by atoms with Gasteiger partial charge in [0.25, 0.3) is 0 Å². The summed E-state index contributed by atoms with van der Waals surface area (Å²) < 4.78 is 11.3. The predicted molar refractivity (Wildman–Crippen MR) is 112 cm³/mol. The van der Waals surface area contributed by atoms with Crippen molar-refractivity contribution in [2.24, 2.45) is 5.41 Å². The first kappa shape index (κ1) is 21.5. The molecule has 3 aromatic rings. The van der Waals surface area contributed by atoms with Crippen molar-refractivity contribution in [3.8, 4) is 5.75 Å². The van der Waals surface area contributed by atoms with Gasteiger partial charge in [-0.2, -0.15) is 0 Å². The molecule has 1 N–H and O–H groups in total. The number of benzene rings is 2. The summed E-state index contributed by atoms with van der Waals surface area (Å²) in [4.78, 5) is 20.9. The second kappa shape index (κ2) is 9.50. The van der Waals surface area contributed by atoms with Gasteiger partial charge < -0.3 is 14.6 Å². The first-order chi connectivity index (χ1) is 14.4. The van der Waals surface area contributed by atoms with Crippen LogP contribution >= 0.6 is 0 Å². The fraction of sp³-hybridized carbons (Fsp3) is 0.292. The minimum Gasteiger partial charge on any atom is -0.489 e. The van der Waals surface area contributed by atoms with E-state index >= 15 is 0 Å². The van der Waals surface area contributed by atoms with Gasteiger partial charge in [-0.05, 0) is 44.0 Å². The first-order valence-electron chi connectivity index (χ1n) is 9.79. The first-order valence-corrected chi connectivity index (χ1v) is 9.79. The van der Waals surface area contributed by atoms with Crippen LogP contribution in [0, 0.1) is 5.41 Å². The lowest BCUT2D eigenvalue weighted by atomic mass is 9.82. The van der Waals surface area contributed by atoms with E-state index in [-0.39, 0.29) is 0 Å². The maximum Gasteiger partial charge on any atom is 0.315 e. The monoisotopic (exact) mass is 406 g/mol. The van der Waals surface area contributed by atoms with Crippen molar-refractivity contribution in [2.75, 3.05) is 0 Å². The molecular formula is C24H26N2O4. The Hall–Kier alpha value is -3.25. The lowest BCUT2D eigenvalue weighted by Crippen LogP contribution is -2.34. The fourth-order valence-electron chi connectivity index (χ4n) is 2.91. The van der Waals surface area contributed by atoms with Crippen LogP contribution < -0.4 is 4.74 Å². The van der Waals surface area contributed by atoms with Crippen LogP contribution in [-0.2, 0) is 16.1 Å². The number of aliphatic hydroxyl groups is 1. The molecule has 0 amide bonds. The highest BCUT2D eigenvalue weighted by Gasteiger charge is 2.39. The molecule has 0 aliphatic carbocycles. The molecule has 156 valence electrons. The fourth-order valence-corrected chi connectivity index (χ4v) is 2.91. The quantitative estimate of drug-likeness (QED) is 0.558. The maximum atomic E-state index is 12.7. The molecule has 6 nitrogen and oxygen atoms in total.